The standard InChI is InChI=1S/C14H12BrS.C5H5.2CH3.2ClH.H2Si.Zr/c1-7-4-10-6-12-13(8(2)9(3)16-12)14(15)11(10)5-7;1-2-4-5-3-1;;;;;;/h5-6,9H,1-3H3;1-3H,4H2;2*1H3;2*1H;1H2;/q4*-1;;;;. The molecule has 27 heavy (non-hydrogen) atoms. The molecule has 0 N–H and O–H groups in total. The quantitative estimate of drug-likeness (QED) is 0.295. The molecule has 1 unspecified atom stereocenters. The van der Waals surface area contributed by atoms with Crippen LogP contribution in [0.25, 0.3) is 17.7 Å². The summed E-state index contributed by atoms with van der Waals surface area (Å²) >= 11 is 7.29. The first-order valence-electron chi connectivity index (χ1n) is 7.47. The Morgan fingerprint density at radius 1 is 1.22 bits per heavy atom. The first-order valence-corrected chi connectivity index (χ1v) is 15.1. The molecule has 0 saturated carbocycles. The van der Waals surface area contributed by atoms with E-state index < -0.39 is 0 Å². The fourth-order valence-electron chi connectivity index (χ4n) is 2.63. The van der Waals surface area contributed by atoms with Gasteiger partial charge < -0.3 is 14.9 Å². The molecule has 0 nitrogen and oxygen atoms in total. The number of hydrogen-bond donors (Lipinski definition) is 0. The van der Waals surface area contributed by atoms with E-state index in [4.69, 9.17) is 0 Å². The summed E-state index contributed by atoms with van der Waals surface area (Å²) in [7, 11) is 0. The number of rotatable bonds is 0. The van der Waals surface area contributed by atoms with Crippen molar-refractivity contribution < 1.29 is 23.3 Å². The Morgan fingerprint density at radius 3 is 2.33 bits per heavy atom. The van der Waals surface area contributed by atoms with E-state index in [1.165, 1.54) is 36.5 Å². The fraction of sp³-hybridized carbons (Fsp3) is 0.238. The third kappa shape index (κ3) is 7.79. The van der Waals surface area contributed by atoms with Gasteiger partial charge in [0, 0.05) is 5.25 Å². The minimum atomic E-state index is 0. The van der Waals surface area contributed by atoms with Crippen molar-refractivity contribution in [1.29, 1.82) is 0 Å². The van der Waals surface area contributed by atoms with Gasteiger partial charge in [0.2, 0.25) is 0 Å². The molecular weight excluding hydrogens is 554 g/mol. The fourth-order valence-corrected chi connectivity index (χ4v) is 4.86. The molecular formula is C21H27BrCl2SSiZr-4. The Labute approximate surface area is 207 Å². The topological polar surface area (TPSA) is 0 Å². The van der Waals surface area contributed by atoms with Crippen LogP contribution < -0.4 is 10.4 Å². The zero-order valence-corrected chi connectivity index (χ0v) is 24.4. The van der Waals surface area contributed by atoms with Crippen molar-refractivity contribution in [3.63, 3.8) is 0 Å². The normalized spacial score (nSPS) is 16.2. The molecule has 0 radical (unpaired) electrons. The first-order chi connectivity index (χ1) is 11.1. The molecule has 1 aromatic carbocycles. The molecule has 0 saturated heterocycles. The van der Waals surface area contributed by atoms with Crippen molar-refractivity contribution in [3.8, 4) is 0 Å². The van der Waals surface area contributed by atoms with Crippen LogP contribution in [0.2, 0.25) is 0 Å². The molecule has 150 valence electrons. The van der Waals surface area contributed by atoms with Gasteiger partial charge in [-0.15, -0.1) is 71.5 Å². The van der Waals surface area contributed by atoms with Crippen LogP contribution >= 0.6 is 52.5 Å². The van der Waals surface area contributed by atoms with E-state index in [1.807, 2.05) is 30.8 Å². The van der Waals surface area contributed by atoms with Crippen LogP contribution in [0.4, 0.5) is 0 Å². The van der Waals surface area contributed by atoms with Gasteiger partial charge in [0.1, 0.15) is 0 Å². The van der Waals surface area contributed by atoms with Crippen molar-refractivity contribution in [2.75, 3.05) is 0 Å². The number of hydrogen-bond acceptors (Lipinski definition) is 1. The van der Waals surface area contributed by atoms with Gasteiger partial charge in [-0.2, -0.15) is 12.2 Å². The predicted octanol–water partition coefficient (Wildman–Crippen LogP) is 5.32. The van der Waals surface area contributed by atoms with E-state index in [2.05, 4.69) is 67.1 Å². The Morgan fingerprint density at radius 2 is 1.85 bits per heavy atom. The van der Waals surface area contributed by atoms with Gasteiger partial charge >= 0.3 is 30.2 Å². The molecule has 0 spiro atoms. The van der Waals surface area contributed by atoms with Crippen LogP contribution in [0.5, 0.6) is 0 Å². The molecule has 2 aliphatic carbocycles. The monoisotopic (exact) mass is 578 g/mol. The summed E-state index contributed by atoms with van der Waals surface area (Å²) < 4.78 is 1.25. The summed E-state index contributed by atoms with van der Waals surface area (Å²) in [5.41, 5.74) is 3.99. The van der Waals surface area contributed by atoms with Gasteiger partial charge in [-0.3, -0.25) is 6.08 Å². The third-order valence-corrected chi connectivity index (χ3v) is 5.96. The van der Waals surface area contributed by atoms with Crippen molar-refractivity contribution in [2.45, 2.75) is 37.3 Å². The van der Waals surface area contributed by atoms with Crippen molar-refractivity contribution in [2.24, 2.45) is 0 Å². The molecule has 3 aliphatic rings. The van der Waals surface area contributed by atoms with Gasteiger partial charge in [0.15, 0.2) is 0 Å². The molecule has 0 fully saturated rings. The third-order valence-electron chi connectivity index (χ3n) is 3.85. The summed E-state index contributed by atoms with van der Waals surface area (Å²) in [5.74, 6) is 0. The number of halogens is 3. The van der Waals surface area contributed by atoms with Gasteiger partial charge in [0.25, 0.3) is 0 Å². The van der Waals surface area contributed by atoms with Gasteiger partial charge in [-0.25, -0.2) is 12.2 Å². The second-order valence-electron chi connectivity index (χ2n) is 5.42. The number of benzene rings is 1. The second-order valence-corrected chi connectivity index (χ2v) is 7.60. The maximum atomic E-state index is 3.76. The van der Waals surface area contributed by atoms with E-state index in [0.29, 0.717) is 5.25 Å². The number of thioether (sulfide) groups is 1. The summed E-state index contributed by atoms with van der Waals surface area (Å²) in [6.07, 6.45) is 15.6. The SMILES string of the molecule is CC1=Cc2c(Br)c3c(cc2=[C-]1)SC(C)C=3C.Cl.Cl.[C-]1=CC=CC1.[CH3-].[CH3-].[SiH2]=[Zr]. The molecule has 1 heterocycles. The van der Waals surface area contributed by atoms with Crippen LogP contribution in [0.15, 0.2) is 39.2 Å². The van der Waals surface area contributed by atoms with Crippen molar-refractivity contribution >= 4 is 77.1 Å². The maximum absolute atomic E-state index is 3.76. The van der Waals surface area contributed by atoms with Crippen molar-refractivity contribution in [1.82, 2.24) is 0 Å². The van der Waals surface area contributed by atoms with Gasteiger partial charge in [-0.1, -0.05) is 28.4 Å². The van der Waals surface area contributed by atoms with Gasteiger partial charge in [0.05, 0.1) is 0 Å². The molecule has 0 aromatic heterocycles. The number of allylic oxidation sites excluding steroid dienone is 5. The molecule has 1 aromatic rings. The van der Waals surface area contributed by atoms with E-state index in [1.54, 1.807) is 23.3 Å². The molecule has 0 bridgehead atoms. The predicted molar refractivity (Wildman–Crippen MR) is 132 cm³/mol. The second kappa shape index (κ2) is 15.5. The van der Waals surface area contributed by atoms with Crippen molar-refractivity contribution in [3.05, 3.63) is 71.3 Å². The molecule has 4 rings (SSSR count). The molecule has 6 heteroatoms. The Bertz CT molecular complexity index is 822. The van der Waals surface area contributed by atoms with Crippen LogP contribution in [-0.4, -0.2) is 12.1 Å². The van der Waals surface area contributed by atoms with E-state index in [-0.39, 0.29) is 39.7 Å². The van der Waals surface area contributed by atoms with Gasteiger partial charge in [-0.05, 0) is 28.4 Å². The molecule has 1 aliphatic heterocycles. The average Bonchev–Trinajstić information content (AvgIpc) is 3.25. The summed E-state index contributed by atoms with van der Waals surface area (Å²) in [4.78, 5) is 1.39. The zero-order valence-electron chi connectivity index (χ0n) is 16.5. The van der Waals surface area contributed by atoms with Crippen LogP contribution in [0.3, 0.4) is 0 Å². The van der Waals surface area contributed by atoms with E-state index in [9.17, 15) is 0 Å². The molecule has 1 atom stereocenters. The summed E-state index contributed by atoms with van der Waals surface area (Å²) in [6, 6.07) is 2.28. The van der Waals surface area contributed by atoms with E-state index >= 15 is 0 Å². The minimum absolute atomic E-state index is 0. The summed E-state index contributed by atoms with van der Waals surface area (Å²) in [5, 5.41) is 3.24. The molecule has 0 amide bonds. The average molecular weight is 582 g/mol. The first kappa shape index (κ1) is 32.4. The van der Waals surface area contributed by atoms with Crippen LogP contribution in [0, 0.1) is 20.9 Å². The zero-order chi connectivity index (χ0) is 17.0. The Kier molecular flexibility index (Phi) is 18.6. The summed E-state index contributed by atoms with van der Waals surface area (Å²) in [6.45, 7) is 8.56. The van der Waals surface area contributed by atoms with Crippen LogP contribution in [-0.2, 0) is 23.3 Å². The Hall–Kier alpha value is 0.690. The Balaban J connectivity index is -0.000000457. The van der Waals surface area contributed by atoms with Crippen LogP contribution in [0.1, 0.15) is 32.8 Å². The van der Waals surface area contributed by atoms with E-state index in [0.717, 1.165) is 6.42 Å². The number of fused-ring (bicyclic) bond motifs is 2.